The van der Waals surface area contributed by atoms with E-state index in [0.717, 1.165) is 16.8 Å². The van der Waals surface area contributed by atoms with Crippen molar-refractivity contribution in [3.8, 4) is 0 Å². The number of fused-ring (bicyclic) bond motifs is 1. The maximum Gasteiger partial charge on any atom is 0.263 e. The first kappa shape index (κ1) is 13.4. The summed E-state index contributed by atoms with van der Waals surface area (Å²) < 4.78 is 0. The lowest BCUT2D eigenvalue weighted by Gasteiger charge is -2.15. The van der Waals surface area contributed by atoms with Crippen LogP contribution in [0.25, 0.3) is 11.6 Å². The minimum atomic E-state index is -0.0650. The van der Waals surface area contributed by atoms with Crippen molar-refractivity contribution in [1.82, 2.24) is 9.97 Å². The van der Waals surface area contributed by atoms with Crippen molar-refractivity contribution in [2.24, 2.45) is 0 Å². The normalized spacial score (nSPS) is 15.0. The third-order valence-corrected chi connectivity index (χ3v) is 3.78. The van der Waals surface area contributed by atoms with E-state index in [0.29, 0.717) is 11.3 Å². The van der Waals surface area contributed by atoms with Gasteiger partial charge in [0.1, 0.15) is 6.33 Å². The molecule has 2 heterocycles. The molecule has 1 aliphatic heterocycles. The van der Waals surface area contributed by atoms with Gasteiger partial charge in [-0.05, 0) is 17.7 Å². The smallest absolute Gasteiger partial charge is 0.263 e. The van der Waals surface area contributed by atoms with Crippen LogP contribution in [0, 0.1) is 0 Å². The van der Waals surface area contributed by atoms with Gasteiger partial charge in [0.15, 0.2) is 0 Å². The van der Waals surface area contributed by atoms with E-state index in [1.165, 1.54) is 6.33 Å². The number of amides is 1. The molecule has 0 saturated carbocycles. The molecule has 4 heteroatoms. The summed E-state index contributed by atoms with van der Waals surface area (Å²) >= 11 is 0. The fraction of sp³-hybridized carbons (Fsp3) is 0. The summed E-state index contributed by atoms with van der Waals surface area (Å²) in [4.78, 5) is 22.7. The Hall–Kier alpha value is -3.27. The van der Waals surface area contributed by atoms with Crippen LogP contribution in [-0.4, -0.2) is 15.9 Å². The number of carbonyl (C=O) groups is 1. The van der Waals surface area contributed by atoms with Crippen molar-refractivity contribution in [1.29, 1.82) is 0 Å². The Bertz CT molecular complexity index is 889. The molecule has 4 nitrogen and oxygen atoms in total. The van der Waals surface area contributed by atoms with E-state index in [1.807, 2.05) is 60.7 Å². The first-order valence-corrected chi connectivity index (χ1v) is 7.30. The van der Waals surface area contributed by atoms with Crippen molar-refractivity contribution in [2.45, 2.75) is 0 Å². The van der Waals surface area contributed by atoms with Crippen molar-refractivity contribution < 1.29 is 4.79 Å². The summed E-state index contributed by atoms with van der Waals surface area (Å²) in [5.74, 6) is -0.0650. The Labute approximate surface area is 133 Å². The summed E-state index contributed by atoms with van der Waals surface area (Å²) in [5.41, 5.74) is 4.12. The predicted molar refractivity (Wildman–Crippen MR) is 89.9 cm³/mol. The van der Waals surface area contributed by atoms with Gasteiger partial charge in [-0.1, -0.05) is 48.5 Å². The average molecular weight is 299 g/mol. The minimum Gasteiger partial charge on any atom is -0.273 e. The summed E-state index contributed by atoms with van der Waals surface area (Å²) in [6.45, 7) is 0. The summed E-state index contributed by atoms with van der Waals surface area (Å²) in [6.07, 6.45) is 6.67. The van der Waals surface area contributed by atoms with Crippen LogP contribution in [0.4, 0.5) is 11.4 Å². The van der Waals surface area contributed by atoms with Crippen LogP contribution in [0.1, 0.15) is 11.1 Å². The number of benzene rings is 2. The van der Waals surface area contributed by atoms with Gasteiger partial charge in [-0.15, -0.1) is 0 Å². The van der Waals surface area contributed by atoms with E-state index >= 15 is 0 Å². The van der Waals surface area contributed by atoms with E-state index in [9.17, 15) is 4.79 Å². The third kappa shape index (κ3) is 2.30. The molecule has 0 N–H and O–H groups in total. The first-order chi connectivity index (χ1) is 11.3. The monoisotopic (exact) mass is 299 g/mol. The van der Waals surface area contributed by atoms with Gasteiger partial charge >= 0.3 is 0 Å². The van der Waals surface area contributed by atoms with Crippen LogP contribution < -0.4 is 4.90 Å². The first-order valence-electron chi connectivity index (χ1n) is 7.30. The molecule has 0 unspecified atom stereocenters. The fourth-order valence-corrected chi connectivity index (χ4v) is 2.76. The molecular weight excluding hydrogens is 286 g/mol. The minimum absolute atomic E-state index is 0.0650. The van der Waals surface area contributed by atoms with Crippen molar-refractivity contribution in [3.63, 3.8) is 0 Å². The number of para-hydroxylation sites is 1. The highest BCUT2D eigenvalue weighted by Gasteiger charge is 2.33. The molecule has 2 aromatic carbocycles. The zero-order valence-corrected chi connectivity index (χ0v) is 12.3. The van der Waals surface area contributed by atoms with Crippen LogP contribution in [0.5, 0.6) is 0 Å². The Morgan fingerprint density at radius 1 is 0.870 bits per heavy atom. The van der Waals surface area contributed by atoms with Crippen LogP contribution in [0.15, 0.2) is 73.3 Å². The highest BCUT2D eigenvalue weighted by Crippen LogP contribution is 2.41. The average Bonchev–Trinajstić information content (AvgIpc) is 2.89. The van der Waals surface area contributed by atoms with Crippen molar-refractivity contribution in [2.75, 3.05) is 4.90 Å². The van der Waals surface area contributed by atoms with E-state index < -0.39 is 0 Å². The molecule has 1 aromatic heterocycles. The van der Waals surface area contributed by atoms with E-state index in [-0.39, 0.29) is 5.91 Å². The maximum atomic E-state index is 13.0. The fourth-order valence-electron chi connectivity index (χ4n) is 2.76. The van der Waals surface area contributed by atoms with Gasteiger partial charge in [-0.3, -0.25) is 9.69 Å². The zero-order valence-electron chi connectivity index (χ0n) is 12.3. The largest absolute Gasteiger partial charge is 0.273 e. The number of carbonyl (C=O) groups excluding carboxylic acids is 1. The maximum absolute atomic E-state index is 13.0. The molecule has 3 aromatic rings. The molecule has 23 heavy (non-hydrogen) atoms. The standard InChI is InChI=1S/C19H13N3O/c23-19-17(10-14-6-2-1-3-7-14)16-8-4-5-9-18(16)22(19)15-11-20-13-21-12-15/h1-13H. The van der Waals surface area contributed by atoms with Gasteiger partial charge < -0.3 is 0 Å². The van der Waals surface area contributed by atoms with Gasteiger partial charge in [-0.25, -0.2) is 9.97 Å². The lowest BCUT2D eigenvalue weighted by atomic mass is 10.0. The molecule has 0 atom stereocenters. The molecule has 1 amide bonds. The van der Waals surface area contributed by atoms with Crippen LogP contribution >= 0.6 is 0 Å². The molecule has 0 saturated heterocycles. The van der Waals surface area contributed by atoms with E-state index in [2.05, 4.69) is 9.97 Å². The molecule has 1 aliphatic rings. The molecule has 0 spiro atoms. The second kappa shape index (κ2) is 5.50. The highest BCUT2D eigenvalue weighted by atomic mass is 16.2. The van der Waals surface area contributed by atoms with Gasteiger partial charge in [0, 0.05) is 5.56 Å². The second-order valence-electron chi connectivity index (χ2n) is 5.22. The van der Waals surface area contributed by atoms with Gasteiger partial charge in [0.2, 0.25) is 0 Å². The number of hydrogen-bond donors (Lipinski definition) is 0. The van der Waals surface area contributed by atoms with Gasteiger partial charge in [0.25, 0.3) is 5.91 Å². The van der Waals surface area contributed by atoms with Crippen LogP contribution in [0.2, 0.25) is 0 Å². The van der Waals surface area contributed by atoms with Crippen LogP contribution in [0.3, 0.4) is 0 Å². The lowest BCUT2D eigenvalue weighted by Crippen LogP contribution is -2.20. The molecule has 0 radical (unpaired) electrons. The number of hydrogen-bond acceptors (Lipinski definition) is 3. The topological polar surface area (TPSA) is 46.1 Å². The van der Waals surface area contributed by atoms with Crippen LogP contribution in [-0.2, 0) is 4.79 Å². The van der Waals surface area contributed by atoms with E-state index in [4.69, 9.17) is 0 Å². The van der Waals surface area contributed by atoms with Gasteiger partial charge in [0.05, 0.1) is 29.3 Å². The summed E-state index contributed by atoms with van der Waals surface area (Å²) in [6, 6.07) is 17.6. The molecule has 4 rings (SSSR count). The Morgan fingerprint density at radius 2 is 1.57 bits per heavy atom. The highest BCUT2D eigenvalue weighted by molar-refractivity contribution is 6.37. The zero-order chi connectivity index (χ0) is 15.6. The summed E-state index contributed by atoms with van der Waals surface area (Å²) in [7, 11) is 0. The number of rotatable bonds is 2. The number of anilines is 2. The molecular formula is C19H13N3O. The lowest BCUT2D eigenvalue weighted by molar-refractivity contribution is -0.112. The molecule has 0 bridgehead atoms. The molecule has 0 aliphatic carbocycles. The van der Waals surface area contributed by atoms with Crippen molar-refractivity contribution >= 4 is 28.9 Å². The van der Waals surface area contributed by atoms with E-state index in [1.54, 1.807) is 17.3 Å². The second-order valence-corrected chi connectivity index (χ2v) is 5.22. The number of nitrogens with zero attached hydrogens (tertiary/aromatic N) is 3. The summed E-state index contributed by atoms with van der Waals surface area (Å²) in [5, 5.41) is 0. The van der Waals surface area contributed by atoms with Gasteiger partial charge in [-0.2, -0.15) is 0 Å². The van der Waals surface area contributed by atoms with Crippen molar-refractivity contribution in [3.05, 3.63) is 84.4 Å². The molecule has 110 valence electrons. The third-order valence-electron chi connectivity index (χ3n) is 3.78. The Kier molecular flexibility index (Phi) is 3.20. The quantitative estimate of drug-likeness (QED) is 0.678. The number of aromatic nitrogens is 2. The predicted octanol–water partition coefficient (Wildman–Crippen LogP) is 3.70. The Morgan fingerprint density at radius 3 is 2.35 bits per heavy atom. The SMILES string of the molecule is O=C1C(=Cc2ccccc2)c2ccccc2N1c1cncnc1. The molecule has 0 fully saturated rings. The Balaban J connectivity index is 1.87.